The first-order valence-electron chi connectivity index (χ1n) is 5.93. The van der Waals surface area contributed by atoms with Crippen LogP contribution in [0.4, 0.5) is 5.82 Å². The number of nitrogens with zero attached hydrogens (tertiary/aromatic N) is 2. The molecular formula is C12H17N3O3. The van der Waals surface area contributed by atoms with E-state index in [1.54, 1.807) is 6.20 Å². The maximum atomic E-state index is 11.5. The molecule has 18 heavy (non-hydrogen) atoms. The zero-order valence-electron chi connectivity index (χ0n) is 10.6. The fourth-order valence-corrected chi connectivity index (χ4v) is 1.99. The van der Waals surface area contributed by atoms with Gasteiger partial charge in [-0.05, 0) is 13.8 Å². The first-order chi connectivity index (χ1) is 8.53. The number of ether oxygens (including phenoxy) is 1. The number of carboxylic acid groups (broad SMARTS) is 1. The lowest BCUT2D eigenvalue weighted by Gasteiger charge is -2.34. The average Bonchev–Trinajstić information content (AvgIpc) is 2.35. The molecule has 2 N–H and O–H groups in total. The van der Waals surface area contributed by atoms with E-state index in [0.717, 1.165) is 5.69 Å². The maximum absolute atomic E-state index is 11.5. The minimum atomic E-state index is -0.995. The van der Waals surface area contributed by atoms with Gasteiger partial charge in [0.05, 0.1) is 11.4 Å². The predicted octanol–water partition coefficient (Wildman–Crippen LogP) is 1.14. The van der Waals surface area contributed by atoms with E-state index >= 15 is 0 Å². The third-order valence-corrected chi connectivity index (χ3v) is 3.19. The summed E-state index contributed by atoms with van der Waals surface area (Å²) in [5.74, 6) is -0.326. The van der Waals surface area contributed by atoms with Gasteiger partial charge in [-0.2, -0.15) is 0 Å². The van der Waals surface area contributed by atoms with E-state index < -0.39 is 11.5 Å². The molecule has 6 nitrogen and oxygen atoms in total. The Kier molecular flexibility index (Phi) is 3.47. The molecule has 1 aliphatic heterocycles. The highest BCUT2D eigenvalue weighted by molar-refractivity contribution is 5.82. The lowest BCUT2D eigenvalue weighted by atomic mass is 9.90. The van der Waals surface area contributed by atoms with Crippen molar-refractivity contribution < 1.29 is 14.6 Å². The molecule has 98 valence electrons. The van der Waals surface area contributed by atoms with E-state index in [0.29, 0.717) is 37.6 Å². The van der Waals surface area contributed by atoms with Gasteiger partial charge >= 0.3 is 5.97 Å². The highest BCUT2D eigenvalue weighted by atomic mass is 16.5. The second-order valence-electron chi connectivity index (χ2n) is 4.57. The van der Waals surface area contributed by atoms with Crippen LogP contribution in [0.5, 0.6) is 0 Å². The molecule has 0 spiro atoms. The summed E-state index contributed by atoms with van der Waals surface area (Å²) >= 11 is 0. The lowest BCUT2D eigenvalue weighted by Crippen LogP contribution is -2.50. The van der Waals surface area contributed by atoms with Crippen LogP contribution in [0.2, 0.25) is 0 Å². The Morgan fingerprint density at radius 3 is 2.72 bits per heavy atom. The number of nitrogens with one attached hydrogen (secondary N) is 1. The SMILES string of the molecule is Cc1cnc(C)c(NC2(C(=O)O)CCOCC2)n1. The largest absolute Gasteiger partial charge is 0.480 e. The molecule has 0 saturated carbocycles. The van der Waals surface area contributed by atoms with Crippen LogP contribution in [-0.4, -0.2) is 39.8 Å². The first-order valence-corrected chi connectivity index (χ1v) is 5.93. The summed E-state index contributed by atoms with van der Waals surface area (Å²) in [6, 6.07) is 0. The quantitative estimate of drug-likeness (QED) is 0.838. The molecule has 0 aromatic carbocycles. The van der Waals surface area contributed by atoms with Crippen molar-refractivity contribution in [3.8, 4) is 0 Å². The fraction of sp³-hybridized carbons (Fsp3) is 0.583. The molecule has 0 aliphatic carbocycles. The Hall–Kier alpha value is -1.69. The minimum Gasteiger partial charge on any atom is -0.480 e. The molecule has 2 rings (SSSR count). The van der Waals surface area contributed by atoms with Crippen molar-refractivity contribution in [3.63, 3.8) is 0 Å². The number of anilines is 1. The number of aliphatic carboxylic acids is 1. The molecule has 0 unspecified atom stereocenters. The molecule has 1 saturated heterocycles. The molecular weight excluding hydrogens is 234 g/mol. The van der Waals surface area contributed by atoms with Crippen molar-refractivity contribution in [3.05, 3.63) is 17.6 Å². The number of aromatic nitrogens is 2. The number of aryl methyl sites for hydroxylation is 2. The highest BCUT2D eigenvalue weighted by Gasteiger charge is 2.40. The summed E-state index contributed by atoms with van der Waals surface area (Å²) in [6.45, 7) is 4.52. The number of carbonyl (C=O) groups is 1. The second kappa shape index (κ2) is 4.89. The zero-order chi connectivity index (χ0) is 13.2. The van der Waals surface area contributed by atoms with Crippen molar-refractivity contribution in [2.45, 2.75) is 32.2 Å². The Morgan fingerprint density at radius 1 is 1.44 bits per heavy atom. The maximum Gasteiger partial charge on any atom is 0.329 e. The van der Waals surface area contributed by atoms with Crippen LogP contribution in [0.15, 0.2) is 6.20 Å². The van der Waals surface area contributed by atoms with Crippen LogP contribution in [0, 0.1) is 13.8 Å². The van der Waals surface area contributed by atoms with Gasteiger partial charge in [-0.3, -0.25) is 4.98 Å². The van der Waals surface area contributed by atoms with Gasteiger partial charge in [-0.1, -0.05) is 0 Å². The second-order valence-corrected chi connectivity index (χ2v) is 4.57. The lowest BCUT2D eigenvalue weighted by molar-refractivity contribution is -0.145. The standard InChI is InChI=1S/C12H17N3O3/c1-8-7-13-9(2)10(14-8)15-12(11(16)17)3-5-18-6-4-12/h7H,3-6H2,1-2H3,(H,14,15)(H,16,17). The predicted molar refractivity (Wildman–Crippen MR) is 65.5 cm³/mol. The summed E-state index contributed by atoms with van der Waals surface area (Å²) in [5.41, 5.74) is 0.467. The highest BCUT2D eigenvalue weighted by Crippen LogP contribution is 2.26. The van der Waals surface area contributed by atoms with Crippen LogP contribution in [0.1, 0.15) is 24.2 Å². The Balaban J connectivity index is 2.28. The van der Waals surface area contributed by atoms with E-state index in [1.165, 1.54) is 0 Å². The molecule has 1 aliphatic rings. The smallest absolute Gasteiger partial charge is 0.329 e. The molecule has 6 heteroatoms. The van der Waals surface area contributed by atoms with Crippen molar-refractivity contribution in [1.29, 1.82) is 0 Å². The van der Waals surface area contributed by atoms with E-state index in [9.17, 15) is 9.90 Å². The molecule has 0 bridgehead atoms. The van der Waals surface area contributed by atoms with Gasteiger partial charge in [-0.15, -0.1) is 0 Å². The number of hydrogen-bond acceptors (Lipinski definition) is 5. The van der Waals surface area contributed by atoms with Gasteiger partial charge < -0.3 is 15.2 Å². The number of rotatable bonds is 3. The summed E-state index contributed by atoms with van der Waals surface area (Å²) in [4.78, 5) is 20.0. The van der Waals surface area contributed by atoms with Gasteiger partial charge in [0, 0.05) is 32.3 Å². The molecule has 0 amide bonds. The summed E-state index contributed by atoms with van der Waals surface area (Å²) < 4.78 is 5.23. The summed E-state index contributed by atoms with van der Waals surface area (Å²) in [6.07, 6.45) is 2.52. The van der Waals surface area contributed by atoms with E-state index in [2.05, 4.69) is 15.3 Å². The van der Waals surface area contributed by atoms with Crippen LogP contribution < -0.4 is 5.32 Å². The zero-order valence-corrected chi connectivity index (χ0v) is 10.6. The fourth-order valence-electron chi connectivity index (χ4n) is 1.99. The first kappa shape index (κ1) is 12.8. The number of hydrogen-bond donors (Lipinski definition) is 2. The summed E-state index contributed by atoms with van der Waals surface area (Å²) in [5, 5.41) is 12.5. The van der Waals surface area contributed by atoms with Crippen molar-refractivity contribution in [1.82, 2.24) is 9.97 Å². The van der Waals surface area contributed by atoms with Gasteiger partial charge in [0.2, 0.25) is 0 Å². The third-order valence-electron chi connectivity index (χ3n) is 3.19. The molecule has 0 radical (unpaired) electrons. The average molecular weight is 251 g/mol. The normalized spacial score (nSPS) is 18.3. The number of carboxylic acids is 1. The summed E-state index contributed by atoms with van der Waals surface area (Å²) in [7, 11) is 0. The van der Waals surface area contributed by atoms with Crippen molar-refractivity contribution >= 4 is 11.8 Å². The minimum absolute atomic E-state index is 0.428. The molecule has 2 heterocycles. The Bertz CT molecular complexity index is 456. The molecule has 1 aromatic rings. The topological polar surface area (TPSA) is 84.3 Å². The Labute approximate surface area is 105 Å². The van der Waals surface area contributed by atoms with Gasteiger partial charge in [0.1, 0.15) is 11.4 Å². The van der Waals surface area contributed by atoms with Crippen molar-refractivity contribution in [2.24, 2.45) is 0 Å². The van der Waals surface area contributed by atoms with Gasteiger partial charge in [-0.25, -0.2) is 9.78 Å². The van der Waals surface area contributed by atoms with Crippen LogP contribution >= 0.6 is 0 Å². The van der Waals surface area contributed by atoms with E-state index in [4.69, 9.17) is 4.74 Å². The third kappa shape index (κ3) is 2.43. The monoisotopic (exact) mass is 251 g/mol. The molecule has 1 aromatic heterocycles. The van der Waals surface area contributed by atoms with Gasteiger partial charge in [0.15, 0.2) is 0 Å². The van der Waals surface area contributed by atoms with Crippen LogP contribution in [0.25, 0.3) is 0 Å². The molecule has 0 atom stereocenters. The van der Waals surface area contributed by atoms with E-state index in [-0.39, 0.29) is 0 Å². The van der Waals surface area contributed by atoms with E-state index in [1.807, 2.05) is 13.8 Å². The van der Waals surface area contributed by atoms with Crippen LogP contribution in [0.3, 0.4) is 0 Å². The molecule has 1 fully saturated rings. The van der Waals surface area contributed by atoms with Crippen LogP contribution in [-0.2, 0) is 9.53 Å². The van der Waals surface area contributed by atoms with Crippen molar-refractivity contribution in [2.75, 3.05) is 18.5 Å². The van der Waals surface area contributed by atoms with Gasteiger partial charge in [0.25, 0.3) is 0 Å². The Morgan fingerprint density at radius 2 is 2.11 bits per heavy atom.